The number of halogens is 3. The minimum Gasteiger partial charge on any atom is -0.353 e. The Morgan fingerprint density at radius 3 is 2.40 bits per heavy atom. The minimum absolute atomic E-state index is 0.517. The SMILES string of the molecule is FC(F)(F)c1ccc(-n2cc3c(N4CCNCC4)ncnc3n2)cc1. The van der Waals surface area contributed by atoms with Crippen molar-refractivity contribution in [2.24, 2.45) is 0 Å². The molecule has 0 atom stereocenters. The molecule has 1 fully saturated rings. The molecule has 3 aromatic rings. The highest BCUT2D eigenvalue weighted by Crippen LogP contribution is 2.30. The fourth-order valence-corrected chi connectivity index (χ4v) is 2.89. The van der Waals surface area contributed by atoms with Gasteiger partial charge >= 0.3 is 6.18 Å². The van der Waals surface area contributed by atoms with Gasteiger partial charge in [0.25, 0.3) is 0 Å². The Morgan fingerprint density at radius 1 is 1.00 bits per heavy atom. The van der Waals surface area contributed by atoms with Crippen LogP contribution in [0.2, 0.25) is 0 Å². The fraction of sp³-hybridized carbons (Fsp3) is 0.312. The van der Waals surface area contributed by atoms with Crippen LogP contribution in [0.3, 0.4) is 0 Å². The number of fused-ring (bicyclic) bond motifs is 1. The van der Waals surface area contributed by atoms with Crippen LogP contribution in [-0.2, 0) is 6.18 Å². The Labute approximate surface area is 141 Å². The van der Waals surface area contributed by atoms with Crippen molar-refractivity contribution in [2.75, 3.05) is 31.1 Å². The van der Waals surface area contributed by atoms with Gasteiger partial charge in [0.05, 0.1) is 16.6 Å². The quantitative estimate of drug-likeness (QED) is 0.770. The lowest BCUT2D eigenvalue weighted by Crippen LogP contribution is -2.43. The van der Waals surface area contributed by atoms with E-state index in [2.05, 4.69) is 25.3 Å². The van der Waals surface area contributed by atoms with E-state index in [9.17, 15) is 13.2 Å². The molecule has 0 bridgehead atoms. The molecule has 3 heterocycles. The van der Waals surface area contributed by atoms with Crippen LogP contribution in [0.5, 0.6) is 0 Å². The number of nitrogens with one attached hydrogen (secondary N) is 1. The molecular weight excluding hydrogens is 333 g/mol. The highest BCUT2D eigenvalue weighted by Gasteiger charge is 2.30. The van der Waals surface area contributed by atoms with Crippen molar-refractivity contribution in [3.05, 3.63) is 42.4 Å². The third-order valence-corrected chi connectivity index (χ3v) is 4.17. The molecule has 4 rings (SSSR count). The zero-order valence-electron chi connectivity index (χ0n) is 13.2. The van der Waals surface area contributed by atoms with Crippen LogP contribution >= 0.6 is 0 Å². The van der Waals surface area contributed by atoms with Crippen LogP contribution in [0.4, 0.5) is 19.0 Å². The number of alkyl halides is 3. The van der Waals surface area contributed by atoms with Gasteiger partial charge in [0.2, 0.25) is 0 Å². The Hall–Kier alpha value is -2.68. The van der Waals surface area contributed by atoms with Crippen molar-refractivity contribution in [1.29, 1.82) is 0 Å². The number of rotatable bonds is 2. The first kappa shape index (κ1) is 15.8. The summed E-state index contributed by atoms with van der Waals surface area (Å²) in [7, 11) is 0. The van der Waals surface area contributed by atoms with Gasteiger partial charge in [-0.25, -0.2) is 14.6 Å². The summed E-state index contributed by atoms with van der Waals surface area (Å²) in [6, 6.07) is 4.88. The lowest BCUT2D eigenvalue weighted by Gasteiger charge is -2.28. The molecule has 2 aromatic heterocycles. The van der Waals surface area contributed by atoms with Gasteiger partial charge in [-0.3, -0.25) is 0 Å². The number of benzene rings is 1. The van der Waals surface area contributed by atoms with Gasteiger partial charge in [-0.1, -0.05) is 0 Å². The fourth-order valence-electron chi connectivity index (χ4n) is 2.89. The standard InChI is InChI=1S/C16H15F3N6/c17-16(18,19)11-1-3-12(4-2-11)25-9-13-14(23-25)21-10-22-15(13)24-7-5-20-6-8-24/h1-4,9-10,20H,5-8H2. The van der Waals surface area contributed by atoms with Gasteiger partial charge in [0, 0.05) is 32.4 Å². The van der Waals surface area contributed by atoms with Crippen LogP contribution in [0.25, 0.3) is 16.7 Å². The molecule has 1 saturated heterocycles. The number of hydrogen-bond acceptors (Lipinski definition) is 5. The van der Waals surface area contributed by atoms with Gasteiger partial charge in [-0.15, -0.1) is 5.10 Å². The van der Waals surface area contributed by atoms with E-state index < -0.39 is 11.7 Å². The first-order valence-electron chi connectivity index (χ1n) is 7.86. The molecule has 6 nitrogen and oxygen atoms in total. The van der Waals surface area contributed by atoms with Gasteiger partial charge in [0.15, 0.2) is 5.65 Å². The van der Waals surface area contributed by atoms with Crippen molar-refractivity contribution >= 4 is 16.9 Å². The molecule has 0 radical (unpaired) electrons. The molecule has 1 N–H and O–H groups in total. The summed E-state index contributed by atoms with van der Waals surface area (Å²) >= 11 is 0. The summed E-state index contributed by atoms with van der Waals surface area (Å²) < 4.78 is 39.6. The molecule has 25 heavy (non-hydrogen) atoms. The van der Waals surface area contributed by atoms with E-state index in [1.165, 1.54) is 23.1 Å². The monoisotopic (exact) mass is 348 g/mol. The third-order valence-electron chi connectivity index (χ3n) is 4.17. The second-order valence-corrected chi connectivity index (χ2v) is 5.79. The predicted molar refractivity (Wildman–Crippen MR) is 86.7 cm³/mol. The number of hydrogen-bond donors (Lipinski definition) is 1. The van der Waals surface area contributed by atoms with Crippen molar-refractivity contribution in [2.45, 2.75) is 6.18 Å². The molecule has 0 amide bonds. The van der Waals surface area contributed by atoms with E-state index in [0.717, 1.165) is 49.5 Å². The first-order chi connectivity index (χ1) is 12.0. The second kappa shape index (κ2) is 5.99. The number of nitrogens with zero attached hydrogens (tertiary/aromatic N) is 5. The molecule has 0 aliphatic carbocycles. The zero-order chi connectivity index (χ0) is 17.4. The van der Waals surface area contributed by atoms with Gasteiger partial charge in [-0.2, -0.15) is 13.2 Å². The molecule has 130 valence electrons. The normalized spacial score (nSPS) is 15.7. The molecule has 1 aliphatic rings. The molecular formula is C16H15F3N6. The summed E-state index contributed by atoms with van der Waals surface area (Å²) in [6.45, 7) is 3.41. The van der Waals surface area contributed by atoms with Crippen LogP contribution in [0, 0.1) is 0 Å². The summed E-state index contributed by atoms with van der Waals surface area (Å²) in [6.07, 6.45) is -1.13. The smallest absolute Gasteiger partial charge is 0.353 e. The molecule has 0 unspecified atom stereocenters. The van der Waals surface area contributed by atoms with E-state index in [1.807, 2.05) is 0 Å². The number of aromatic nitrogens is 4. The Morgan fingerprint density at radius 2 is 1.72 bits per heavy atom. The number of anilines is 1. The zero-order valence-corrected chi connectivity index (χ0v) is 13.2. The first-order valence-corrected chi connectivity index (χ1v) is 7.86. The van der Waals surface area contributed by atoms with E-state index in [1.54, 1.807) is 6.20 Å². The van der Waals surface area contributed by atoms with Crippen molar-refractivity contribution in [3.8, 4) is 5.69 Å². The highest BCUT2D eigenvalue weighted by atomic mass is 19.4. The lowest BCUT2D eigenvalue weighted by atomic mass is 10.2. The van der Waals surface area contributed by atoms with Crippen molar-refractivity contribution in [1.82, 2.24) is 25.1 Å². The molecule has 1 aliphatic heterocycles. The van der Waals surface area contributed by atoms with Gasteiger partial charge in [-0.05, 0) is 24.3 Å². The maximum atomic E-state index is 12.7. The van der Waals surface area contributed by atoms with E-state index in [-0.39, 0.29) is 0 Å². The van der Waals surface area contributed by atoms with E-state index in [4.69, 9.17) is 0 Å². The summed E-state index contributed by atoms with van der Waals surface area (Å²) in [5.41, 5.74) is 0.370. The summed E-state index contributed by atoms with van der Waals surface area (Å²) in [5, 5.41) is 8.44. The molecule has 9 heteroatoms. The summed E-state index contributed by atoms with van der Waals surface area (Å²) in [4.78, 5) is 10.7. The number of piperazine rings is 1. The summed E-state index contributed by atoms with van der Waals surface area (Å²) in [5.74, 6) is 0.796. The Balaban J connectivity index is 1.71. The second-order valence-electron chi connectivity index (χ2n) is 5.79. The predicted octanol–water partition coefficient (Wildman–Crippen LogP) is 2.24. The minimum atomic E-state index is -4.35. The van der Waals surface area contributed by atoms with E-state index in [0.29, 0.717) is 11.3 Å². The van der Waals surface area contributed by atoms with E-state index >= 15 is 0 Å². The molecule has 0 saturated carbocycles. The van der Waals surface area contributed by atoms with Crippen LogP contribution in [-0.4, -0.2) is 45.9 Å². The van der Waals surface area contributed by atoms with Crippen LogP contribution in [0.1, 0.15) is 5.56 Å². The Kier molecular flexibility index (Phi) is 3.79. The maximum Gasteiger partial charge on any atom is 0.416 e. The highest BCUT2D eigenvalue weighted by molar-refractivity contribution is 5.86. The average molecular weight is 348 g/mol. The average Bonchev–Trinajstić information content (AvgIpc) is 3.06. The maximum absolute atomic E-state index is 12.7. The van der Waals surface area contributed by atoms with Crippen molar-refractivity contribution < 1.29 is 13.2 Å². The van der Waals surface area contributed by atoms with Gasteiger partial charge in [0.1, 0.15) is 12.1 Å². The van der Waals surface area contributed by atoms with Gasteiger partial charge < -0.3 is 10.2 Å². The molecule has 0 spiro atoms. The largest absolute Gasteiger partial charge is 0.416 e. The third kappa shape index (κ3) is 3.02. The van der Waals surface area contributed by atoms with Crippen LogP contribution < -0.4 is 10.2 Å². The lowest BCUT2D eigenvalue weighted by molar-refractivity contribution is -0.137. The van der Waals surface area contributed by atoms with Crippen molar-refractivity contribution in [3.63, 3.8) is 0 Å². The Bertz CT molecular complexity index is 881. The topological polar surface area (TPSA) is 58.9 Å². The van der Waals surface area contributed by atoms with Crippen LogP contribution in [0.15, 0.2) is 36.8 Å². The molecule has 1 aromatic carbocycles.